The van der Waals surface area contributed by atoms with Crippen molar-refractivity contribution in [2.75, 3.05) is 6.61 Å². The van der Waals surface area contributed by atoms with E-state index in [1.54, 1.807) is 0 Å². The zero-order valence-corrected chi connectivity index (χ0v) is 15.3. The van der Waals surface area contributed by atoms with Gasteiger partial charge in [0.15, 0.2) is 0 Å². The molecule has 0 N–H and O–H groups in total. The summed E-state index contributed by atoms with van der Waals surface area (Å²) < 4.78 is 6.36. The lowest BCUT2D eigenvalue weighted by Crippen LogP contribution is -2.38. The highest BCUT2D eigenvalue weighted by Gasteiger charge is 2.37. The maximum Gasteiger partial charge on any atom is 0.0685 e. The van der Waals surface area contributed by atoms with Gasteiger partial charge < -0.3 is 4.74 Å². The minimum Gasteiger partial charge on any atom is -0.374 e. The summed E-state index contributed by atoms with van der Waals surface area (Å²) in [6, 6.07) is 32.0. The average molecular weight is 330 g/mol. The predicted octanol–water partition coefficient (Wildman–Crippen LogP) is 5.84. The normalized spacial score (nSPS) is 12.1. The molecule has 3 rings (SSSR count). The second kappa shape index (κ2) is 7.25. The Labute approximate surface area is 151 Å². The van der Waals surface area contributed by atoms with Crippen molar-refractivity contribution in [2.45, 2.75) is 31.8 Å². The van der Waals surface area contributed by atoms with Crippen molar-refractivity contribution in [1.29, 1.82) is 0 Å². The van der Waals surface area contributed by atoms with Crippen LogP contribution in [0.5, 0.6) is 0 Å². The van der Waals surface area contributed by atoms with Crippen molar-refractivity contribution in [3.63, 3.8) is 0 Å². The van der Waals surface area contributed by atoms with Gasteiger partial charge in [0.05, 0.1) is 17.6 Å². The van der Waals surface area contributed by atoms with Crippen LogP contribution in [-0.2, 0) is 10.2 Å². The molecule has 0 atom stereocenters. The SMILES string of the molecule is CC(C)(C)OCC(c1ccccc1)(c1ccccc1)c1ccccc1. The van der Waals surface area contributed by atoms with E-state index in [1.807, 2.05) is 0 Å². The third-order valence-corrected chi connectivity index (χ3v) is 4.52. The van der Waals surface area contributed by atoms with Crippen LogP contribution in [0.3, 0.4) is 0 Å². The van der Waals surface area contributed by atoms with Crippen LogP contribution in [0.1, 0.15) is 37.5 Å². The quantitative estimate of drug-likeness (QED) is 0.534. The lowest BCUT2D eigenvalue weighted by atomic mass is 9.70. The molecule has 1 heteroatoms. The fourth-order valence-electron chi connectivity index (χ4n) is 3.24. The fourth-order valence-corrected chi connectivity index (χ4v) is 3.24. The highest BCUT2D eigenvalue weighted by Crippen LogP contribution is 2.40. The van der Waals surface area contributed by atoms with Crippen LogP contribution in [0.4, 0.5) is 0 Å². The largest absolute Gasteiger partial charge is 0.374 e. The average Bonchev–Trinajstić information content (AvgIpc) is 2.64. The number of benzene rings is 3. The third-order valence-electron chi connectivity index (χ3n) is 4.52. The first-order valence-corrected chi connectivity index (χ1v) is 8.83. The Balaban J connectivity index is 2.24. The first kappa shape index (κ1) is 17.4. The lowest BCUT2D eigenvalue weighted by molar-refractivity contribution is -0.0179. The summed E-state index contributed by atoms with van der Waals surface area (Å²) in [5, 5.41) is 0. The van der Waals surface area contributed by atoms with Gasteiger partial charge in [0.2, 0.25) is 0 Å². The smallest absolute Gasteiger partial charge is 0.0685 e. The Hall–Kier alpha value is -2.38. The van der Waals surface area contributed by atoms with Crippen molar-refractivity contribution < 1.29 is 4.74 Å². The van der Waals surface area contributed by atoms with E-state index in [9.17, 15) is 0 Å². The third kappa shape index (κ3) is 3.83. The summed E-state index contributed by atoms with van der Waals surface area (Å²) in [7, 11) is 0. The van der Waals surface area contributed by atoms with E-state index in [2.05, 4.69) is 112 Å². The number of rotatable bonds is 5. The molecule has 0 fully saturated rings. The standard InChI is InChI=1S/C24H26O/c1-23(2,3)25-19-24(20-13-7-4-8-14-20,21-15-9-5-10-16-21)22-17-11-6-12-18-22/h4-18H,19H2,1-3H3. The van der Waals surface area contributed by atoms with Crippen LogP contribution < -0.4 is 0 Å². The molecule has 0 amide bonds. The van der Waals surface area contributed by atoms with Crippen LogP contribution in [-0.4, -0.2) is 12.2 Å². The molecule has 0 aliphatic carbocycles. The van der Waals surface area contributed by atoms with Crippen molar-refractivity contribution in [3.8, 4) is 0 Å². The van der Waals surface area contributed by atoms with Gasteiger partial charge in [-0.15, -0.1) is 0 Å². The summed E-state index contributed by atoms with van der Waals surface area (Å²) in [4.78, 5) is 0. The summed E-state index contributed by atoms with van der Waals surface area (Å²) in [6.45, 7) is 6.92. The van der Waals surface area contributed by atoms with Crippen molar-refractivity contribution in [2.24, 2.45) is 0 Å². The molecule has 0 spiro atoms. The van der Waals surface area contributed by atoms with Gasteiger partial charge in [0.1, 0.15) is 0 Å². The molecule has 0 radical (unpaired) electrons. The summed E-state index contributed by atoms with van der Waals surface area (Å²) in [6.07, 6.45) is 0. The molecule has 0 bridgehead atoms. The Morgan fingerprint density at radius 1 is 0.560 bits per heavy atom. The summed E-state index contributed by atoms with van der Waals surface area (Å²) in [5.74, 6) is 0. The van der Waals surface area contributed by atoms with E-state index < -0.39 is 0 Å². The molecule has 0 unspecified atom stereocenters. The van der Waals surface area contributed by atoms with Gasteiger partial charge in [-0.1, -0.05) is 91.0 Å². The van der Waals surface area contributed by atoms with Gasteiger partial charge in [-0.3, -0.25) is 0 Å². The second-order valence-electron chi connectivity index (χ2n) is 7.40. The molecule has 1 nitrogen and oxygen atoms in total. The Morgan fingerprint density at radius 2 is 0.880 bits per heavy atom. The highest BCUT2D eigenvalue weighted by molar-refractivity contribution is 5.50. The summed E-state index contributed by atoms with van der Waals surface area (Å²) >= 11 is 0. The number of ether oxygens (including phenoxy) is 1. The Morgan fingerprint density at radius 3 is 1.16 bits per heavy atom. The molecule has 0 aliphatic heterocycles. The zero-order valence-electron chi connectivity index (χ0n) is 15.3. The van der Waals surface area contributed by atoms with Crippen LogP contribution >= 0.6 is 0 Å². The van der Waals surface area contributed by atoms with E-state index >= 15 is 0 Å². The molecule has 3 aromatic carbocycles. The molecule has 25 heavy (non-hydrogen) atoms. The van der Waals surface area contributed by atoms with Crippen molar-refractivity contribution in [3.05, 3.63) is 108 Å². The van der Waals surface area contributed by atoms with E-state index in [-0.39, 0.29) is 11.0 Å². The fraction of sp³-hybridized carbons (Fsp3) is 0.250. The molecule has 0 heterocycles. The van der Waals surface area contributed by atoms with Gasteiger partial charge in [0, 0.05) is 0 Å². The molecule has 0 aliphatic rings. The number of hydrogen-bond acceptors (Lipinski definition) is 1. The van der Waals surface area contributed by atoms with Gasteiger partial charge in [0.25, 0.3) is 0 Å². The molecule has 0 aromatic heterocycles. The van der Waals surface area contributed by atoms with Gasteiger partial charge >= 0.3 is 0 Å². The molecule has 0 saturated carbocycles. The van der Waals surface area contributed by atoms with Gasteiger partial charge in [-0.25, -0.2) is 0 Å². The molecular weight excluding hydrogens is 304 g/mol. The van der Waals surface area contributed by atoms with E-state index in [0.717, 1.165) is 0 Å². The molecule has 0 saturated heterocycles. The first-order chi connectivity index (χ1) is 12.0. The van der Waals surface area contributed by atoms with E-state index in [0.29, 0.717) is 6.61 Å². The number of hydrogen-bond donors (Lipinski definition) is 0. The maximum absolute atomic E-state index is 6.36. The molecular formula is C24H26O. The van der Waals surface area contributed by atoms with Crippen molar-refractivity contribution in [1.82, 2.24) is 0 Å². The van der Waals surface area contributed by atoms with E-state index in [4.69, 9.17) is 4.74 Å². The van der Waals surface area contributed by atoms with Gasteiger partial charge in [-0.2, -0.15) is 0 Å². The van der Waals surface area contributed by atoms with Crippen LogP contribution in [0.2, 0.25) is 0 Å². The van der Waals surface area contributed by atoms with Gasteiger partial charge in [-0.05, 0) is 37.5 Å². The second-order valence-corrected chi connectivity index (χ2v) is 7.40. The van der Waals surface area contributed by atoms with Crippen LogP contribution in [0, 0.1) is 0 Å². The summed E-state index contributed by atoms with van der Waals surface area (Å²) in [5.41, 5.74) is 3.20. The molecule has 128 valence electrons. The topological polar surface area (TPSA) is 9.23 Å². The Kier molecular flexibility index (Phi) is 5.06. The van der Waals surface area contributed by atoms with Crippen LogP contribution in [0.25, 0.3) is 0 Å². The monoisotopic (exact) mass is 330 g/mol. The Bertz CT molecular complexity index is 674. The minimum absolute atomic E-state index is 0.205. The zero-order chi connectivity index (χ0) is 17.8. The lowest BCUT2D eigenvalue weighted by Gasteiger charge is -2.38. The molecule has 3 aromatic rings. The van der Waals surface area contributed by atoms with E-state index in [1.165, 1.54) is 16.7 Å². The minimum atomic E-state index is -0.336. The maximum atomic E-state index is 6.36. The van der Waals surface area contributed by atoms with Crippen LogP contribution in [0.15, 0.2) is 91.0 Å². The highest BCUT2D eigenvalue weighted by atomic mass is 16.5. The predicted molar refractivity (Wildman–Crippen MR) is 105 cm³/mol. The van der Waals surface area contributed by atoms with Crippen molar-refractivity contribution >= 4 is 0 Å². The first-order valence-electron chi connectivity index (χ1n) is 8.83.